The van der Waals surface area contributed by atoms with E-state index < -0.39 is 0 Å². The summed E-state index contributed by atoms with van der Waals surface area (Å²) in [5, 5.41) is 14.1. The Morgan fingerprint density at radius 2 is 1.26 bits per heavy atom. The van der Waals surface area contributed by atoms with E-state index in [4.69, 9.17) is 0 Å². The second-order valence-electron chi connectivity index (χ2n) is 6.87. The highest BCUT2D eigenvalue weighted by atomic mass is 15.0. The predicted octanol–water partition coefficient (Wildman–Crippen LogP) is 1.34. The molecular weight excluding hydrogens is 284 g/mol. The fourth-order valence-electron chi connectivity index (χ4n) is 2.98. The topological polar surface area (TPSA) is 48.1 Å². The predicted molar refractivity (Wildman–Crippen MR) is 99.2 cm³/mol. The van der Waals surface area contributed by atoms with Crippen molar-refractivity contribution in [3.05, 3.63) is 35.4 Å². The van der Waals surface area contributed by atoms with Gasteiger partial charge in [0, 0.05) is 39.3 Å². The minimum atomic E-state index is 0.609. The van der Waals surface area contributed by atoms with Gasteiger partial charge in [0.2, 0.25) is 0 Å². The maximum absolute atomic E-state index is 3.60. The van der Waals surface area contributed by atoms with Crippen molar-refractivity contribution in [3.63, 3.8) is 0 Å². The van der Waals surface area contributed by atoms with Crippen LogP contribution in [0.1, 0.15) is 30.9 Å². The molecule has 1 fully saturated rings. The molecule has 1 heterocycles. The van der Waals surface area contributed by atoms with Crippen LogP contribution >= 0.6 is 0 Å². The molecule has 1 aromatic rings. The summed E-state index contributed by atoms with van der Waals surface area (Å²) in [6, 6.07) is 9.18. The van der Waals surface area contributed by atoms with Gasteiger partial charge in [-0.15, -0.1) is 0 Å². The van der Waals surface area contributed by atoms with Crippen LogP contribution in [0.5, 0.6) is 0 Å². The van der Waals surface area contributed by atoms with Crippen LogP contribution < -0.4 is 21.3 Å². The number of rotatable bonds is 3. The van der Waals surface area contributed by atoms with Gasteiger partial charge in [0.05, 0.1) is 0 Å². The molecule has 0 saturated carbocycles. The van der Waals surface area contributed by atoms with E-state index in [1.54, 1.807) is 0 Å². The molecule has 0 bridgehead atoms. The molecule has 0 unspecified atom stereocenters. The lowest BCUT2D eigenvalue weighted by Crippen LogP contribution is -2.36. The van der Waals surface area contributed by atoms with Crippen LogP contribution in [-0.2, 0) is 6.42 Å². The first-order valence-electron chi connectivity index (χ1n) is 9.17. The zero-order chi connectivity index (χ0) is 16.3. The molecule has 1 aliphatic rings. The highest BCUT2D eigenvalue weighted by Crippen LogP contribution is 2.16. The Morgan fingerprint density at radius 1 is 0.783 bits per heavy atom. The third-order valence-electron chi connectivity index (χ3n) is 4.47. The largest absolute Gasteiger partial charge is 0.315 e. The zero-order valence-corrected chi connectivity index (χ0v) is 14.8. The Bertz CT molecular complexity index is 402. The molecule has 1 aliphatic heterocycles. The number of nitrogens with one attached hydrogen (secondary N) is 4. The monoisotopic (exact) mass is 318 g/mol. The number of benzene rings is 1. The van der Waals surface area contributed by atoms with Crippen LogP contribution in [0, 0.1) is 5.92 Å². The van der Waals surface area contributed by atoms with E-state index in [9.17, 15) is 0 Å². The molecule has 0 aromatic heterocycles. The van der Waals surface area contributed by atoms with Crippen molar-refractivity contribution >= 4 is 0 Å². The molecule has 23 heavy (non-hydrogen) atoms. The van der Waals surface area contributed by atoms with E-state index >= 15 is 0 Å². The van der Waals surface area contributed by atoms with Gasteiger partial charge in [-0.05, 0) is 42.5 Å². The van der Waals surface area contributed by atoms with Gasteiger partial charge >= 0.3 is 0 Å². The summed E-state index contributed by atoms with van der Waals surface area (Å²) in [6.07, 6.45) is 1.14. The molecule has 1 aromatic carbocycles. The standard InChI is InChI=1S/C19H34N4/c1-16(2)19-5-3-17(4-6-19)13-18-14-22-11-9-20-7-8-21-10-12-23-15-18/h3-6,16,18,20-23H,7-15H2,1-2H3. The number of hydrogen-bond acceptors (Lipinski definition) is 4. The summed E-state index contributed by atoms with van der Waals surface area (Å²) in [5.41, 5.74) is 2.88. The van der Waals surface area contributed by atoms with Crippen LogP contribution in [0.15, 0.2) is 24.3 Å². The summed E-state index contributed by atoms with van der Waals surface area (Å²) in [5.74, 6) is 1.25. The highest BCUT2D eigenvalue weighted by Gasteiger charge is 2.10. The van der Waals surface area contributed by atoms with E-state index in [-0.39, 0.29) is 0 Å². The molecule has 4 N–H and O–H groups in total. The third-order valence-corrected chi connectivity index (χ3v) is 4.47. The van der Waals surface area contributed by atoms with Crippen LogP contribution in [-0.4, -0.2) is 52.4 Å². The lowest BCUT2D eigenvalue weighted by Gasteiger charge is -2.19. The second kappa shape index (κ2) is 10.8. The minimum absolute atomic E-state index is 0.609. The van der Waals surface area contributed by atoms with Crippen molar-refractivity contribution in [2.45, 2.75) is 26.2 Å². The average Bonchev–Trinajstić information content (AvgIpc) is 2.57. The first kappa shape index (κ1) is 18.4. The SMILES string of the molecule is CC(C)c1ccc(CC2CNCCNCCNCCNC2)cc1. The summed E-state index contributed by atoms with van der Waals surface area (Å²) in [7, 11) is 0. The smallest absolute Gasteiger partial charge is 0.00772 e. The Labute approximate surface area is 141 Å². The van der Waals surface area contributed by atoms with Crippen molar-refractivity contribution in [2.75, 3.05) is 52.4 Å². The van der Waals surface area contributed by atoms with Crippen LogP contribution in [0.2, 0.25) is 0 Å². The molecule has 1 saturated heterocycles. The van der Waals surface area contributed by atoms with Crippen LogP contribution in [0.4, 0.5) is 0 Å². The first-order valence-corrected chi connectivity index (χ1v) is 9.17. The summed E-state index contributed by atoms with van der Waals surface area (Å²) in [6.45, 7) is 12.9. The lowest BCUT2D eigenvalue weighted by molar-refractivity contribution is 0.441. The maximum atomic E-state index is 3.60. The number of hydrogen-bond donors (Lipinski definition) is 4. The normalized spacial score (nSPS) is 19.8. The Hall–Kier alpha value is -0.940. The van der Waals surface area contributed by atoms with Gasteiger partial charge in [0.15, 0.2) is 0 Å². The van der Waals surface area contributed by atoms with Crippen LogP contribution in [0.25, 0.3) is 0 Å². The summed E-state index contributed by atoms with van der Waals surface area (Å²) >= 11 is 0. The molecular formula is C19H34N4. The second-order valence-corrected chi connectivity index (χ2v) is 6.87. The molecule has 4 nitrogen and oxygen atoms in total. The van der Waals surface area contributed by atoms with Crippen molar-refractivity contribution in [3.8, 4) is 0 Å². The van der Waals surface area contributed by atoms with Crippen molar-refractivity contribution in [1.82, 2.24) is 21.3 Å². The fourth-order valence-corrected chi connectivity index (χ4v) is 2.98. The average molecular weight is 319 g/mol. The van der Waals surface area contributed by atoms with E-state index in [1.165, 1.54) is 11.1 Å². The zero-order valence-electron chi connectivity index (χ0n) is 14.8. The van der Waals surface area contributed by atoms with Crippen LogP contribution in [0.3, 0.4) is 0 Å². The van der Waals surface area contributed by atoms with Crippen molar-refractivity contribution in [2.24, 2.45) is 5.92 Å². The van der Waals surface area contributed by atoms with E-state index in [0.717, 1.165) is 58.8 Å². The maximum Gasteiger partial charge on any atom is 0.00772 e. The van der Waals surface area contributed by atoms with Crippen molar-refractivity contribution in [1.29, 1.82) is 0 Å². The van der Waals surface area contributed by atoms with E-state index in [0.29, 0.717) is 11.8 Å². The van der Waals surface area contributed by atoms with Gasteiger partial charge in [-0.2, -0.15) is 0 Å². The molecule has 4 heteroatoms. The molecule has 0 spiro atoms. The lowest BCUT2D eigenvalue weighted by atomic mass is 9.96. The Morgan fingerprint density at radius 3 is 1.74 bits per heavy atom. The molecule has 0 amide bonds. The fraction of sp³-hybridized carbons (Fsp3) is 0.684. The Kier molecular flexibility index (Phi) is 8.61. The minimum Gasteiger partial charge on any atom is -0.315 e. The molecule has 0 radical (unpaired) electrons. The van der Waals surface area contributed by atoms with Gasteiger partial charge in [0.25, 0.3) is 0 Å². The van der Waals surface area contributed by atoms with Gasteiger partial charge in [0.1, 0.15) is 0 Å². The first-order chi connectivity index (χ1) is 11.3. The molecule has 130 valence electrons. The van der Waals surface area contributed by atoms with Gasteiger partial charge < -0.3 is 21.3 Å². The molecule has 0 aliphatic carbocycles. The summed E-state index contributed by atoms with van der Waals surface area (Å²) < 4.78 is 0. The highest BCUT2D eigenvalue weighted by molar-refractivity contribution is 5.25. The van der Waals surface area contributed by atoms with Gasteiger partial charge in [-0.1, -0.05) is 38.1 Å². The van der Waals surface area contributed by atoms with E-state index in [1.807, 2.05) is 0 Å². The Balaban J connectivity index is 1.85. The van der Waals surface area contributed by atoms with Gasteiger partial charge in [-0.25, -0.2) is 0 Å². The summed E-state index contributed by atoms with van der Waals surface area (Å²) in [4.78, 5) is 0. The molecule has 2 rings (SSSR count). The van der Waals surface area contributed by atoms with E-state index in [2.05, 4.69) is 59.4 Å². The van der Waals surface area contributed by atoms with Crippen molar-refractivity contribution < 1.29 is 0 Å². The third kappa shape index (κ3) is 7.44. The quantitative estimate of drug-likeness (QED) is 0.679. The molecule has 0 atom stereocenters. The van der Waals surface area contributed by atoms with Gasteiger partial charge in [-0.3, -0.25) is 0 Å².